The number of aliphatic hydroxyl groups is 35. The molecule has 10 heterocycles. The summed E-state index contributed by atoms with van der Waals surface area (Å²) in [5.41, 5.74) is 6.00. The van der Waals surface area contributed by atoms with Crippen LogP contribution in [-0.4, -0.2) is 599 Å². The van der Waals surface area contributed by atoms with Gasteiger partial charge in [0.15, 0.2) is 56.6 Å². The average molecular weight is 1890 g/mol. The second-order valence-corrected chi connectivity index (χ2v) is 32.3. The normalized spacial score (nSPS) is 49.2. The Kier molecular flexibility index (Phi) is 38.2. The first kappa shape index (κ1) is 107. The van der Waals surface area contributed by atoms with Crippen LogP contribution in [-0.2, 0) is 99.6 Å². The summed E-state index contributed by atoms with van der Waals surface area (Å²) in [7, 11) is 0. The Bertz CT molecular complexity index is 3390. The van der Waals surface area contributed by atoms with Crippen LogP contribution < -0.4 is 11.1 Å². The van der Waals surface area contributed by atoms with Gasteiger partial charge in [-0.25, -0.2) is 4.79 Å². The maximum Gasteiger partial charge on any atom is 0.364 e. The third-order valence-corrected chi connectivity index (χ3v) is 23.6. The Balaban J connectivity index is 0.996. The Morgan fingerprint density at radius 2 is 0.773 bits per heavy atom. The van der Waals surface area contributed by atoms with E-state index < -0.39 is 421 Å². The van der Waals surface area contributed by atoms with Crippen LogP contribution in [0.15, 0.2) is 0 Å². The summed E-state index contributed by atoms with van der Waals surface area (Å²) in [6.07, 6.45) is -124. The van der Waals surface area contributed by atoms with E-state index in [2.05, 4.69) is 5.32 Å². The van der Waals surface area contributed by atoms with E-state index in [1.165, 1.54) is 0 Å². The Morgan fingerprint density at radius 1 is 0.367 bits per heavy atom. The molecule has 0 aromatic carbocycles. The van der Waals surface area contributed by atoms with Crippen LogP contribution >= 0.6 is 0 Å². The highest BCUT2D eigenvalue weighted by Gasteiger charge is 2.64. The molecule has 10 aliphatic heterocycles. The number of hydrogen-bond acceptors (Lipinski definition) is 57. The first-order valence-electron chi connectivity index (χ1n) is 40.3. The largest absolute Gasteiger partial charge is 0.477 e. The molecule has 59 heteroatoms. The maximum absolute atomic E-state index is 13.1. The minimum absolute atomic E-state index is 0.897. The van der Waals surface area contributed by atoms with Gasteiger partial charge in [0, 0.05) is 13.3 Å². The Morgan fingerprint density at radius 3 is 1.30 bits per heavy atom. The molecule has 10 fully saturated rings. The highest BCUT2D eigenvalue weighted by molar-refractivity contribution is 5.75. The minimum atomic E-state index is -3.36. The lowest BCUT2D eigenvalue weighted by molar-refractivity contribution is -0.419. The fraction of sp³-hybridized carbons (Fsp3) is 0.971. The van der Waals surface area contributed by atoms with Crippen molar-refractivity contribution < 1.29 is 283 Å². The summed E-state index contributed by atoms with van der Waals surface area (Å²) in [6, 6.07) is -3.44. The molecule has 10 aliphatic rings. The number of carboxylic acids is 1. The summed E-state index contributed by atoms with van der Waals surface area (Å²) in [5, 5.41) is 402. The predicted molar refractivity (Wildman–Crippen MR) is 384 cm³/mol. The summed E-state index contributed by atoms with van der Waals surface area (Å²) < 4.78 is 111. The number of aliphatic hydroxyl groups excluding tert-OH is 34. The highest BCUT2D eigenvalue weighted by atomic mass is 16.8. The molecule has 59 nitrogen and oxygen atoms in total. The molecule has 0 aromatic rings. The molecule has 1 unspecified atom stereocenters. The van der Waals surface area contributed by atoms with Gasteiger partial charge >= 0.3 is 5.97 Å². The molecule has 39 N–H and O–H groups in total. The number of rotatable bonds is 37. The molecule has 1 amide bonds. The third kappa shape index (κ3) is 22.8. The molecular formula is C69H118N2O57. The summed E-state index contributed by atoms with van der Waals surface area (Å²) in [5.74, 6) is -6.44. The molecule has 0 saturated carbocycles. The number of carbonyl (C=O) groups excluding carboxylic acids is 1. The summed E-state index contributed by atoms with van der Waals surface area (Å²) in [6.45, 7) is -11.5. The SMILES string of the molecule is CC(=O)N[C@H]1[C@@H](OC[C@H]2O[C@H](O[C@H]3[C@H](O)[C@H](O)[C@@H](O[C@@H]4[C@@H](O[C@@H]5[C@H](O)[C@@H](O[C@@H]([C@@H]6OC(O)(C(=O)O)C[C@H]6O)[C@H](O)CO)O[C@H]([C@H](CO)O[C@H]6O[C@H]([C@@H](O)CO)[C@@H](O)[C@H](O)[C@@H]6O)[C@H]5O[C@@H]5O[C@H]([C@@H](O)CO[C@H]6O[C@H](CO)[C@@H](O)[C@H](O)[C@H]6N)[C@@H](O)[C@H](O)[C@@H]5O)O[C@H]([C@@H](O)CO)[C@@H](O)[C@@H]4O)O[C@@H]3[C@@H](O)CO)[C@H](O)[C@@H](O)[C@@H]2O)O[C@H](CO)[C@H](O[C@H]2O[C@H](CO)[C@@H](O)[C@H](O)[C@H]2O)[C@@H]1O. The molecule has 10 rings (SSSR count). The second kappa shape index (κ2) is 45.8. The molecule has 0 radical (unpaired) electrons. The molecule has 0 spiro atoms. The first-order valence-corrected chi connectivity index (χ1v) is 40.3. The fourth-order valence-electron chi connectivity index (χ4n) is 16.2. The van der Waals surface area contributed by atoms with Gasteiger partial charge < -0.3 is 285 Å². The van der Waals surface area contributed by atoms with Gasteiger partial charge in [0.1, 0.15) is 262 Å². The van der Waals surface area contributed by atoms with Crippen LogP contribution in [0.25, 0.3) is 0 Å². The van der Waals surface area contributed by atoms with Gasteiger partial charge in [-0.05, 0) is 0 Å². The molecule has 746 valence electrons. The van der Waals surface area contributed by atoms with E-state index in [9.17, 15) is 193 Å². The van der Waals surface area contributed by atoms with Gasteiger partial charge in [-0.1, -0.05) is 0 Å². The van der Waals surface area contributed by atoms with Crippen LogP contribution in [0, 0.1) is 0 Å². The minimum Gasteiger partial charge on any atom is -0.477 e. The Labute approximate surface area is 720 Å². The maximum atomic E-state index is 13.1. The number of ether oxygens (including phenoxy) is 19. The molecule has 0 bridgehead atoms. The molecular weight excluding hydrogens is 1770 g/mol. The van der Waals surface area contributed by atoms with Crippen LogP contribution in [0.1, 0.15) is 13.3 Å². The highest BCUT2D eigenvalue weighted by Crippen LogP contribution is 2.43. The molecule has 55 atom stereocenters. The van der Waals surface area contributed by atoms with Crippen LogP contribution in [0.2, 0.25) is 0 Å². The third-order valence-electron chi connectivity index (χ3n) is 23.6. The van der Waals surface area contributed by atoms with E-state index >= 15 is 0 Å². The van der Waals surface area contributed by atoms with Crippen molar-refractivity contribution in [3.8, 4) is 0 Å². The molecule has 10 saturated heterocycles. The van der Waals surface area contributed by atoms with E-state index in [0.717, 1.165) is 6.92 Å². The van der Waals surface area contributed by atoms with E-state index in [4.69, 9.17) is 95.7 Å². The zero-order valence-electron chi connectivity index (χ0n) is 67.2. The van der Waals surface area contributed by atoms with Crippen LogP contribution in [0.3, 0.4) is 0 Å². The van der Waals surface area contributed by atoms with Crippen molar-refractivity contribution in [3.05, 3.63) is 0 Å². The number of carbonyl (C=O) groups is 2. The quantitative estimate of drug-likeness (QED) is 0.0275. The van der Waals surface area contributed by atoms with Gasteiger partial charge in [-0.3, -0.25) is 4.79 Å². The zero-order valence-corrected chi connectivity index (χ0v) is 67.2. The summed E-state index contributed by atoms with van der Waals surface area (Å²) >= 11 is 0. The molecule has 128 heavy (non-hydrogen) atoms. The van der Waals surface area contributed by atoms with Gasteiger partial charge in [0.25, 0.3) is 5.79 Å². The van der Waals surface area contributed by atoms with Crippen molar-refractivity contribution >= 4 is 11.9 Å². The predicted octanol–water partition coefficient (Wildman–Crippen LogP) is -26.0. The lowest BCUT2D eigenvalue weighted by Crippen LogP contribution is -2.71. The van der Waals surface area contributed by atoms with Crippen molar-refractivity contribution in [2.75, 3.05) is 66.1 Å². The lowest BCUT2D eigenvalue weighted by atomic mass is 9.91. The van der Waals surface area contributed by atoms with E-state index in [1.54, 1.807) is 0 Å². The fourth-order valence-corrected chi connectivity index (χ4v) is 16.2. The van der Waals surface area contributed by atoms with Gasteiger partial charge in [0.05, 0.1) is 78.2 Å². The second-order valence-electron chi connectivity index (χ2n) is 32.3. The standard InChI is InChI=1S/C69H118N2O57/c1-13(80)71-26-31(91)53(122-61-41(101)32(92)28(88)21(8-77)113-61)22(9-78)114-60(26)111-12-24-29(89)33(93)42(102)63(116-24)124-55-40(100)45(105)65(121-51(55)18(85)6-75)126-57-39(99)38(98)48(16(83)4-73)119-67(57)125-56-46(106)66(120-50(17(84)5-74)52-14(81)2-69(109,128-52)68(107)108)123-54(23(10-79)115-62-43(103)34(94)36(96)47(117-62)15(82)3-72)58(56)127-64-44(104)35(95)37(97)49(118-64)19(86)11-110-59-25(70)30(90)27(87)20(7-76)112-59/h14-67,72-79,81-106,109H,2-12,70H2,1H3,(H,71,80)(H,107,108)/t14-,15+,16+,17-,18+,19+,20-,21-,22-,23+,24-,25-,26-,27-,28-,29-,30-,31-,32+,33+,34+,35+,36+,37+,38+,39+,40-,41-,42-,43+,44+,45+,46+,47-,48-,49-,50-,51-,52-,53+,54-,55+,56-,57+,58-,59+,60+,61-,62+,63-,64+,65-,66+,67-,69?/m1/s1. The average Bonchev–Trinajstić information content (AvgIpc) is 1.06. The van der Waals surface area contributed by atoms with E-state index in [-0.39, 0.29) is 0 Å². The van der Waals surface area contributed by atoms with Crippen molar-refractivity contribution in [3.63, 3.8) is 0 Å². The number of hydrogen-bond donors (Lipinski definition) is 38. The van der Waals surface area contributed by atoms with Crippen molar-refractivity contribution in [2.24, 2.45) is 5.73 Å². The number of nitrogens with one attached hydrogen (secondary N) is 1. The van der Waals surface area contributed by atoms with Gasteiger partial charge in [0.2, 0.25) is 5.91 Å². The summed E-state index contributed by atoms with van der Waals surface area (Å²) in [4.78, 5) is 25.0. The first-order chi connectivity index (χ1) is 60.3. The number of carboxylic acid groups (broad SMARTS) is 1. The van der Waals surface area contributed by atoms with Crippen molar-refractivity contribution in [2.45, 2.75) is 350 Å². The monoisotopic (exact) mass is 1890 g/mol. The van der Waals surface area contributed by atoms with Crippen LogP contribution in [0.4, 0.5) is 0 Å². The topological polar surface area (TPSA) is 976 Å². The molecule has 0 aromatic heterocycles. The van der Waals surface area contributed by atoms with Crippen molar-refractivity contribution in [1.82, 2.24) is 5.32 Å². The van der Waals surface area contributed by atoms with E-state index in [1.807, 2.05) is 0 Å². The number of aliphatic carboxylic acids is 1. The van der Waals surface area contributed by atoms with Crippen molar-refractivity contribution in [1.29, 1.82) is 0 Å². The zero-order chi connectivity index (χ0) is 94.8. The van der Waals surface area contributed by atoms with Gasteiger partial charge in [-0.15, -0.1) is 0 Å². The Hall–Kier alpha value is -3.26. The smallest absolute Gasteiger partial charge is 0.364 e. The van der Waals surface area contributed by atoms with Crippen LogP contribution in [0.5, 0.6) is 0 Å². The number of amides is 1. The van der Waals surface area contributed by atoms with Gasteiger partial charge in [-0.2, -0.15) is 0 Å². The molecule has 0 aliphatic carbocycles. The number of nitrogens with two attached hydrogens (primary N) is 1. The van der Waals surface area contributed by atoms with E-state index in [0.29, 0.717) is 0 Å². The lowest BCUT2D eigenvalue weighted by Gasteiger charge is -2.52.